The number of hydrogen-bond donors (Lipinski definition) is 0. The van der Waals surface area contributed by atoms with Crippen molar-refractivity contribution in [1.29, 1.82) is 0 Å². The Labute approximate surface area is 154 Å². The first-order valence-electron chi connectivity index (χ1n) is 10.1. The van der Waals surface area contributed by atoms with Gasteiger partial charge in [-0.3, -0.25) is 0 Å². The van der Waals surface area contributed by atoms with E-state index in [4.69, 9.17) is 4.11 Å². The number of aromatic nitrogens is 4. The molecule has 4 nitrogen and oxygen atoms in total. The van der Waals surface area contributed by atoms with Crippen LogP contribution in [0.2, 0.25) is 0 Å². The number of para-hydroxylation sites is 1. The second kappa shape index (κ2) is 4.82. The summed E-state index contributed by atoms with van der Waals surface area (Å²) in [6, 6.07) is 21.8. The van der Waals surface area contributed by atoms with Gasteiger partial charge in [0.1, 0.15) is 16.7 Å². The molecule has 0 N–H and O–H groups in total. The van der Waals surface area contributed by atoms with E-state index in [1.807, 2.05) is 65.2 Å². The van der Waals surface area contributed by atoms with E-state index in [2.05, 4.69) is 15.6 Å². The molecule has 0 saturated heterocycles. The van der Waals surface area contributed by atoms with E-state index >= 15 is 0 Å². The molecular weight excluding hydrogens is 320 g/mol. The highest BCUT2D eigenvalue weighted by atomic mass is 15.2. The molecular formula is C22H17N4+. The lowest BCUT2D eigenvalue weighted by atomic mass is 10.1. The highest BCUT2D eigenvalue weighted by Gasteiger charge is 2.35. The van der Waals surface area contributed by atoms with Gasteiger partial charge in [-0.2, -0.15) is 0 Å². The van der Waals surface area contributed by atoms with Crippen molar-refractivity contribution in [2.24, 2.45) is 6.98 Å². The lowest BCUT2D eigenvalue weighted by molar-refractivity contribution is -0.636. The number of benzene rings is 2. The van der Waals surface area contributed by atoms with Crippen LogP contribution in [0.3, 0.4) is 0 Å². The molecule has 0 atom stereocenters. The summed E-state index contributed by atoms with van der Waals surface area (Å²) in [5.74, 6) is 0.711. The number of nitrogens with zero attached hydrogens (tertiary/aromatic N) is 4. The molecule has 5 aromatic rings. The van der Waals surface area contributed by atoms with Crippen LogP contribution in [0.15, 0.2) is 72.9 Å². The molecule has 6 rings (SSSR count). The molecule has 3 aromatic heterocycles. The smallest absolute Gasteiger partial charge is 0.249 e. The molecule has 0 bridgehead atoms. The predicted octanol–water partition coefficient (Wildman–Crippen LogP) is 3.83. The van der Waals surface area contributed by atoms with E-state index in [-0.39, 0.29) is 0 Å². The van der Waals surface area contributed by atoms with Gasteiger partial charge in [-0.05, 0) is 35.9 Å². The average Bonchev–Trinajstić information content (AvgIpc) is 3.34. The van der Waals surface area contributed by atoms with Gasteiger partial charge in [0.05, 0.1) is 23.2 Å². The number of rotatable bonds is 1. The van der Waals surface area contributed by atoms with E-state index in [0.29, 0.717) is 18.0 Å². The van der Waals surface area contributed by atoms with Gasteiger partial charge in [0.15, 0.2) is 0 Å². The average molecular weight is 340 g/mol. The minimum absolute atomic E-state index is 0.634. The number of pyridine rings is 1. The third kappa shape index (κ3) is 1.59. The molecule has 124 valence electrons. The van der Waals surface area contributed by atoms with E-state index < -0.39 is 6.98 Å². The lowest BCUT2D eigenvalue weighted by Gasteiger charge is -2.03. The van der Waals surface area contributed by atoms with Gasteiger partial charge in [0.2, 0.25) is 11.3 Å². The zero-order valence-electron chi connectivity index (χ0n) is 16.9. The van der Waals surface area contributed by atoms with E-state index in [1.165, 1.54) is 4.57 Å². The van der Waals surface area contributed by atoms with Crippen molar-refractivity contribution in [3.63, 3.8) is 0 Å². The maximum atomic E-state index is 8.36. The van der Waals surface area contributed by atoms with Gasteiger partial charge in [-0.1, -0.05) is 36.4 Å². The zero-order chi connectivity index (χ0) is 19.8. The van der Waals surface area contributed by atoms with Crippen LogP contribution in [0.1, 0.15) is 9.68 Å². The topological polar surface area (TPSA) is 26.6 Å². The van der Waals surface area contributed by atoms with Crippen LogP contribution in [-0.2, 0) is 13.5 Å². The van der Waals surface area contributed by atoms with E-state index in [0.717, 1.165) is 33.4 Å². The number of fused-ring (bicyclic) bond motifs is 7. The molecule has 0 fully saturated rings. The van der Waals surface area contributed by atoms with Crippen LogP contribution in [0.4, 0.5) is 0 Å². The van der Waals surface area contributed by atoms with Crippen LogP contribution in [0.5, 0.6) is 0 Å². The summed E-state index contributed by atoms with van der Waals surface area (Å²) in [4.78, 5) is 4.65. The predicted molar refractivity (Wildman–Crippen MR) is 102 cm³/mol. The highest BCUT2D eigenvalue weighted by Crippen LogP contribution is 2.37. The lowest BCUT2D eigenvalue weighted by Crippen LogP contribution is -2.31. The molecule has 0 amide bonds. The normalized spacial score (nSPS) is 14.8. The van der Waals surface area contributed by atoms with Crippen molar-refractivity contribution >= 4 is 22.2 Å². The van der Waals surface area contributed by atoms with Gasteiger partial charge in [0.25, 0.3) is 5.65 Å². The SMILES string of the molecule is [2H]C([2H])([2H])[n+]1c2n(c3c4ncccc4n(-c4ccccc4)c31)Cc1ccccc1-2. The summed E-state index contributed by atoms with van der Waals surface area (Å²) in [5.41, 5.74) is 6.20. The maximum Gasteiger partial charge on any atom is 0.276 e. The molecule has 0 saturated carbocycles. The molecule has 4 heterocycles. The van der Waals surface area contributed by atoms with Crippen LogP contribution in [0, 0.1) is 0 Å². The van der Waals surface area contributed by atoms with Crippen molar-refractivity contribution < 1.29 is 8.68 Å². The first kappa shape index (κ1) is 11.3. The third-order valence-electron chi connectivity index (χ3n) is 5.23. The fourth-order valence-corrected chi connectivity index (χ4v) is 4.17. The highest BCUT2D eigenvalue weighted by molar-refractivity contribution is 6.03. The summed E-state index contributed by atoms with van der Waals surface area (Å²) < 4.78 is 30.7. The molecule has 1 aliphatic rings. The Morgan fingerprint density at radius 2 is 1.85 bits per heavy atom. The van der Waals surface area contributed by atoms with Gasteiger partial charge in [0, 0.05) is 6.20 Å². The van der Waals surface area contributed by atoms with Gasteiger partial charge in [-0.25, -0.2) is 18.7 Å². The van der Waals surface area contributed by atoms with Crippen LogP contribution in [-0.4, -0.2) is 14.1 Å². The van der Waals surface area contributed by atoms with Gasteiger partial charge in [-0.15, -0.1) is 0 Å². The van der Waals surface area contributed by atoms with E-state index in [1.54, 1.807) is 6.20 Å². The van der Waals surface area contributed by atoms with E-state index in [9.17, 15) is 0 Å². The summed E-state index contributed by atoms with van der Waals surface area (Å²) >= 11 is 0. The molecule has 0 unspecified atom stereocenters. The maximum absolute atomic E-state index is 8.36. The Morgan fingerprint density at radius 3 is 2.73 bits per heavy atom. The minimum atomic E-state index is -2.34. The van der Waals surface area contributed by atoms with Gasteiger partial charge < -0.3 is 0 Å². The summed E-state index contributed by atoms with van der Waals surface area (Å²) in [7, 11) is 0. The zero-order valence-corrected chi connectivity index (χ0v) is 13.9. The largest absolute Gasteiger partial charge is 0.276 e. The Kier molecular flexibility index (Phi) is 2.09. The Balaban J connectivity index is 1.88. The number of aryl methyl sites for hydroxylation is 1. The summed E-state index contributed by atoms with van der Waals surface area (Å²) in [6.07, 6.45) is 1.76. The third-order valence-corrected chi connectivity index (χ3v) is 5.23. The standard InChI is InChI=1S/C22H17N4/c1-24-21-17-11-6-5-8-15(17)14-25(21)20-19-18(12-7-13-23-19)26(22(20)24)16-9-3-2-4-10-16/h2-13H,14H2,1H3/q+1/i1D3. The number of hydrogen-bond acceptors (Lipinski definition) is 1. The number of imidazole rings is 1. The van der Waals surface area contributed by atoms with Crippen LogP contribution in [0.25, 0.3) is 39.3 Å². The van der Waals surface area contributed by atoms with Crippen LogP contribution >= 0.6 is 0 Å². The molecule has 1 aliphatic heterocycles. The fraction of sp³-hybridized carbons (Fsp3) is 0.0909. The van der Waals surface area contributed by atoms with Crippen molar-refractivity contribution in [2.75, 3.05) is 0 Å². The summed E-state index contributed by atoms with van der Waals surface area (Å²) in [6.45, 7) is -1.70. The molecule has 0 spiro atoms. The van der Waals surface area contributed by atoms with Crippen molar-refractivity contribution in [3.05, 3.63) is 78.5 Å². The molecule has 2 aromatic carbocycles. The Hall–Kier alpha value is -3.40. The van der Waals surface area contributed by atoms with Gasteiger partial charge >= 0.3 is 0 Å². The second-order valence-electron chi connectivity index (χ2n) is 6.62. The quantitative estimate of drug-likeness (QED) is 0.418. The Morgan fingerprint density at radius 1 is 1.00 bits per heavy atom. The van der Waals surface area contributed by atoms with Crippen molar-refractivity contribution in [2.45, 2.75) is 6.54 Å². The molecule has 0 aliphatic carbocycles. The van der Waals surface area contributed by atoms with Crippen molar-refractivity contribution in [3.8, 4) is 17.1 Å². The second-order valence-corrected chi connectivity index (χ2v) is 6.62. The first-order chi connectivity index (χ1) is 14.1. The Bertz CT molecular complexity index is 1410. The van der Waals surface area contributed by atoms with Crippen LogP contribution < -0.4 is 4.57 Å². The van der Waals surface area contributed by atoms with Crippen molar-refractivity contribution in [1.82, 2.24) is 14.1 Å². The molecule has 26 heavy (non-hydrogen) atoms. The summed E-state index contributed by atoms with van der Waals surface area (Å²) in [5, 5.41) is 0. The fourth-order valence-electron chi connectivity index (χ4n) is 4.17. The molecule has 0 radical (unpaired) electrons. The molecule has 4 heteroatoms. The first-order valence-corrected chi connectivity index (χ1v) is 8.63. The monoisotopic (exact) mass is 340 g/mol. The minimum Gasteiger partial charge on any atom is -0.249 e.